The molecule has 1 fully saturated rings. The third kappa shape index (κ3) is 3.95. The van der Waals surface area contributed by atoms with Crippen molar-refractivity contribution in [2.24, 2.45) is 10.9 Å². The smallest absolute Gasteiger partial charge is 0.170 e. The maximum absolute atomic E-state index is 9.29. The molecule has 0 aromatic heterocycles. The van der Waals surface area contributed by atoms with Crippen molar-refractivity contribution in [2.45, 2.75) is 45.2 Å². The summed E-state index contributed by atoms with van der Waals surface area (Å²) in [5, 5.41) is 21.1. The van der Waals surface area contributed by atoms with Crippen LogP contribution in [0.15, 0.2) is 23.4 Å². The van der Waals surface area contributed by atoms with Gasteiger partial charge in [0.1, 0.15) is 0 Å². The molecule has 0 aliphatic heterocycles. The first kappa shape index (κ1) is 15.8. The molecule has 0 heterocycles. The average molecular weight is 291 g/mol. The maximum atomic E-state index is 9.29. The van der Waals surface area contributed by atoms with Crippen LogP contribution in [-0.4, -0.2) is 40.2 Å². The first-order valence-corrected chi connectivity index (χ1v) is 7.58. The van der Waals surface area contributed by atoms with Gasteiger partial charge in [0.2, 0.25) is 0 Å². The number of rotatable bonds is 6. The van der Waals surface area contributed by atoms with Crippen LogP contribution in [0.5, 0.6) is 0 Å². The van der Waals surface area contributed by atoms with Crippen LogP contribution >= 0.6 is 0 Å². The zero-order valence-corrected chi connectivity index (χ0v) is 12.6. The molecular formula is C16H25N3O2. The van der Waals surface area contributed by atoms with Crippen molar-refractivity contribution in [1.82, 2.24) is 4.90 Å². The summed E-state index contributed by atoms with van der Waals surface area (Å²) in [6.45, 7) is 3.78. The highest BCUT2D eigenvalue weighted by atomic mass is 16.4. The third-order valence-corrected chi connectivity index (χ3v) is 4.35. The molecular weight excluding hydrogens is 266 g/mol. The Morgan fingerprint density at radius 3 is 2.67 bits per heavy atom. The Bertz CT molecular complexity index is 496. The van der Waals surface area contributed by atoms with Crippen molar-refractivity contribution in [2.75, 3.05) is 13.2 Å². The van der Waals surface area contributed by atoms with E-state index < -0.39 is 0 Å². The average Bonchev–Trinajstić information content (AvgIpc) is 3.02. The molecule has 1 aliphatic carbocycles. The molecule has 2 rings (SSSR count). The summed E-state index contributed by atoms with van der Waals surface area (Å²) >= 11 is 0. The van der Waals surface area contributed by atoms with Gasteiger partial charge in [-0.05, 0) is 37.0 Å². The van der Waals surface area contributed by atoms with E-state index in [1.807, 2.05) is 25.1 Å². The fraction of sp³-hybridized carbons (Fsp3) is 0.562. The van der Waals surface area contributed by atoms with Crippen molar-refractivity contribution in [1.29, 1.82) is 0 Å². The number of hydrogen-bond acceptors (Lipinski definition) is 4. The van der Waals surface area contributed by atoms with Gasteiger partial charge in [-0.3, -0.25) is 4.90 Å². The molecule has 5 heteroatoms. The van der Waals surface area contributed by atoms with Gasteiger partial charge in [0.15, 0.2) is 5.84 Å². The van der Waals surface area contributed by atoms with Gasteiger partial charge in [-0.1, -0.05) is 30.1 Å². The van der Waals surface area contributed by atoms with Gasteiger partial charge in [0.25, 0.3) is 0 Å². The lowest BCUT2D eigenvalue weighted by atomic mass is 10.0. The van der Waals surface area contributed by atoms with Crippen molar-refractivity contribution in [3.05, 3.63) is 34.9 Å². The lowest BCUT2D eigenvalue weighted by molar-refractivity contribution is 0.144. The van der Waals surface area contributed by atoms with Crippen LogP contribution in [0.3, 0.4) is 0 Å². The van der Waals surface area contributed by atoms with Gasteiger partial charge in [-0.25, -0.2) is 0 Å². The Labute approximate surface area is 126 Å². The fourth-order valence-corrected chi connectivity index (χ4v) is 3.10. The molecule has 0 bridgehead atoms. The van der Waals surface area contributed by atoms with E-state index in [0.29, 0.717) is 12.6 Å². The summed E-state index contributed by atoms with van der Waals surface area (Å²) in [7, 11) is 0. The molecule has 5 nitrogen and oxygen atoms in total. The van der Waals surface area contributed by atoms with E-state index in [-0.39, 0.29) is 12.4 Å². The molecule has 4 N–H and O–H groups in total. The van der Waals surface area contributed by atoms with Crippen LogP contribution < -0.4 is 5.73 Å². The lowest BCUT2D eigenvalue weighted by Gasteiger charge is -2.28. The van der Waals surface area contributed by atoms with E-state index in [1.165, 1.54) is 31.2 Å². The van der Waals surface area contributed by atoms with E-state index >= 15 is 0 Å². The number of benzene rings is 1. The van der Waals surface area contributed by atoms with Gasteiger partial charge < -0.3 is 16.0 Å². The molecule has 0 amide bonds. The third-order valence-electron chi connectivity index (χ3n) is 4.35. The summed E-state index contributed by atoms with van der Waals surface area (Å²) in [6.07, 6.45) is 5.02. The van der Waals surface area contributed by atoms with E-state index in [4.69, 9.17) is 10.9 Å². The van der Waals surface area contributed by atoms with E-state index in [1.54, 1.807) is 0 Å². The summed E-state index contributed by atoms with van der Waals surface area (Å²) in [5.74, 6) is 0.132. The second-order valence-corrected chi connectivity index (χ2v) is 5.76. The number of aryl methyl sites for hydroxylation is 1. The van der Waals surface area contributed by atoms with Crippen LogP contribution in [0, 0.1) is 6.92 Å². The molecule has 1 saturated carbocycles. The highest BCUT2D eigenvalue weighted by molar-refractivity contribution is 5.97. The summed E-state index contributed by atoms with van der Waals surface area (Å²) in [4.78, 5) is 2.37. The van der Waals surface area contributed by atoms with Gasteiger partial charge in [-0.2, -0.15) is 0 Å². The Morgan fingerprint density at radius 1 is 1.38 bits per heavy atom. The van der Waals surface area contributed by atoms with Crippen LogP contribution in [-0.2, 0) is 6.54 Å². The number of oxime groups is 1. The molecule has 0 unspecified atom stereocenters. The van der Waals surface area contributed by atoms with Gasteiger partial charge in [0.05, 0.1) is 6.61 Å². The number of nitrogens with two attached hydrogens (primary N) is 1. The standard InChI is InChI=1S/C16H25N3O2/c1-12-10-13(16(17)18-21)6-7-14(12)11-19(8-9-20)15-4-2-3-5-15/h6-7,10,15,20-21H,2-5,8-9,11H2,1H3,(H2,17,18). The fourth-order valence-electron chi connectivity index (χ4n) is 3.10. The normalized spacial score (nSPS) is 16.8. The molecule has 0 atom stereocenters. The number of nitrogens with zero attached hydrogens (tertiary/aromatic N) is 2. The zero-order valence-electron chi connectivity index (χ0n) is 12.6. The molecule has 0 saturated heterocycles. The van der Waals surface area contributed by atoms with Crippen LogP contribution in [0.1, 0.15) is 42.4 Å². The number of aliphatic hydroxyl groups is 1. The molecule has 0 spiro atoms. The first-order valence-electron chi connectivity index (χ1n) is 7.58. The largest absolute Gasteiger partial charge is 0.409 e. The van der Waals surface area contributed by atoms with Gasteiger partial charge in [-0.15, -0.1) is 0 Å². The monoisotopic (exact) mass is 291 g/mol. The summed E-state index contributed by atoms with van der Waals surface area (Å²) in [6, 6.07) is 6.43. The number of aliphatic hydroxyl groups excluding tert-OH is 1. The summed E-state index contributed by atoms with van der Waals surface area (Å²) in [5.41, 5.74) is 8.70. The predicted molar refractivity (Wildman–Crippen MR) is 83.4 cm³/mol. The first-order chi connectivity index (χ1) is 10.2. The predicted octanol–water partition coefficient (Wildman–Crippen LogP) is 1.83. The van der Waals surface area contributed by atoms with Crippen LogP contribution in [0.25, 0.3) is 0 Å². The second-order valence-electron chi connectivity index (χ2n) is 5.76. The highest BCUT2D eigenvalue weighted by Gasteiger charge is 2.22. The Kier molecular flexibility index (Phi) is 5.59. The molecule has 116 valence electrons. The van der Waals surface area contributed by atoms with Crippen LogP contribution in [0.4, 0.5) is 0 Å². The topological polar surface area (TPSA) is 82.1 Å². The lowest BCUT2D eigenvalue weighted by Crippen LogP contribution is -2.35. The van der Waals surface area contributed by atoms with Gasteiger partial charge >= 0.3 is 0 Å². The minimum atomic E-state index is 0.132. The van der Waals surface area contributed by atoms with Crippen molar-refractivity contribution >= 4 is 5.84 Å². The van der Waals surface area contributed by atoms with Gasteiger partial charge in [0, 0.05) is 24.7 Å². The molecule has 21 heavy (non-hydrogen) atoms. The molecule has 0 radical (unpaired) electrons. The Hall–Kier alpha value is -1.59. The van der Waals surface area contributed by atoms with E-state index in [2.05, 4.69) is 10.1 Å². The Morgan fingerprint density at radius 2 is 2.10 bits per heavy atom. The van der Waals surface area contributed by atoms with E-state index in [0.717, 1.165) is 17.7 Å². The maximum Gasteiger partial charge on any atom is 0.170 e. The SMILES string of the molecule is Cc1cc(/C(N)=N/O)ccc1CN(CCO)C1CCCC1. The highest BCUT2D eigenvalue weighted by Crippen LogP contribution is 2.25. The van der Waals surface area contributed by atoms with Crippen molar-refractivity contribution in [3.63, 3.8) is 0 Å². The number of hydrogen-bond donors (Lipinski definition) is 3. The minimum absolute atomic E-state index is 0.132. The summed E-state index contributed by atoms with van der Waals surface area (Å²) < 4.78 is 0. The van der Waals surface area contributed by atoms with E-state index in [9.17, 15) is 5.11 Å². The quantitative estimate of drug-likeness (QED) is 0.323. The Balaban J connectivity index is 2.12. The number of amidine groups is 1. The molecule has 1 aliphatic rings. The molecule has 1 aromatic rings. The molecule has 1 aromatic carbocycles. The second kappa shape index (κ2) is 7.43. The van der Waals surface area contributed by atoms with Crippen LogP contribution in [0.2, 0.25) is 0 Å². The van der Waals surface area contributed by atoms with Crippen molar-refractivity contribution < 1.29 is 10.3 Å². The van der Waals surface area contributed by atoms with Crippen molar-refractivity contribution in [3.8, 4) is 0 Å². The minimum Gasteiger partial charge on any atom is -0.409 e. The zero-order chi connectivity index (χ0) is 15.2.